The molecule has 1 aromatic rings. The summed E-state index contributed by atoms with van der Waals surface area (Å²) in [5, 5.41) is -0.512. The zero-order valence-electron chi connectivity index (χ0n) is 9.73. The summed E-state index contributed by atoms with van der Waals surface area (Å²) in [7, 11) is -3.31. The number of hydrogen-bond donors (Lipinski definition) is 0. The van der Waals surface area contributed by atoms with Gasteiger partial charge in [-0.25, -0.2) is 8.42 Å². The number of carbonyl (C=O) groups excluding carboxylic acids is 1. The molecule has 0 fully saturated rings. The average molecular weight is 240 g/mol. The molecule has 0 aliphatic heterocycles. The number of Topliss-reactive ketones (excluding diaryl/α,β-unsaturated/α-hetero) is 1. The lowest BCUT2D eigenvalue weighted by atomic mass is 10.1. The Morgan fingerprint density at radius 3 is 2.12 bits per heavy atom. The molecule has 0 saturated carbocycles. The van der Waals surface area contributed by atoms with E-state index in [1.807, 2.05) is 6.92 Å². The van der Waals surface area contributed by atoms with Crippen molar-refractivity contribution in [3.63, 3.8) is 0 Å². The highest BCUT2D eigenvalue weighted by Gasteiger charge is 2.21. The maximum atomic E-state index is 11.7. The highest BCUT2D eigenvalue weighted by Crippen LogP contribution is 2.08. The van der Waals surface area contributed by atoms with Gasteiger partial charge in [0, 0.05) is 5.56 Å². The van der Waals surface area contributed by atoms with Crippen LogP contribution in [0.3, 0.4) is 0 Å². The summed E-state index contributed by atoms with van der Waals surface area (Å²) in [4.78, 5) is 11.7. The monoisotopic (exact) mass is 240 g/mol. The van der Waals surface area contributed by atoms with Gasteiger partial charge < -0.3 is 0 Å². The summed E-state index contributed by atoms with van der Waals surface area (Å²) in [6, 6.07) is 6.92. The molecular formula is C12H16O3S. The number of hydrogen-bond acceptors (Lipinski definition) is 3. The van der Waals surface area contributed by atoms with Gasteiger partial charge in [0.2, 0.25) is 0 Å². The van der Waals surface area contributed by atoms with Crippen LogP contribution < -0.4 is 0 Å². The molecule has 1 rings (SSSR count). The highest BCUT2D eigenvalue weighted by atomic mass is 32.2. The van der Waals surface area contributed by atoms with Crippen molar-refractivity contribution >= 4 is 15.6 Å². The lowest BCUT2D eigenvalue weighted by Crippen LogP contribution is -2.23. The molecule has 0 atom stereocenters. The van der Waals surface area contributed by atoms with E-state index in [-0.39, 0.29) is 5.78 Å². The summed E-state index contributed by atoms with van der Waals surface area (Å²) < 4.78 is 23.1. The molecular weight excluding hydrogens is 224 g/mol. The molecule has 0 amide bonds. The van der Waals surface area contributed by atoms with Gasteiger partial charge >= 0.3 is 0 Å². The molecule has 0 aliphatic rings. The summed E-state index contributed by atoms with van der Waals surface area (Å²) in [6.07, 6.45) is 0. The van der Waals surface area contributed by atoms with Crippen LogP contribution in [0.2, 0.25) is 0 Å². The van der Waals surface area contributed by atoms with Crippen LogP contribution in [-0.4, -0.2) is 25.2 Å². The zero-order chi connectivity index (χ0) is 12.3. The summed E-state index contributed by atoms with van der Waals surface area (Å²) in [5.41, 5.74) is 1.50. The third kappa shape index (κ3) is 3.17. The second-order valence-electron chi connectivity index (χ2n) is 4.15. The average Bonchev–Trinajstić information content (AvgIpc) is 2.17. The first kappa shape index (κ1) is 12.9. The summed E-state index contributed by atoms with van der Waals surface area (Å²) in [6.45, 7) is 5.08. The van der Waals surface area contributed by atoms with Gasteiger partial charge in [-0.15, -0.1) is 0 Å². The van der Waals surface area contributed by atoms with Crippen LogP contribution >= 0.6 is 0 Å². The van der Waals surface area contributed by atoms with Gasteiger partial charge in [0.25, 0.3) is 0 Å². The fourth-order valence-corrected chi connectivity index (χ4v) is 2.04. The molecule has 88 valence electrons. The minimum Gasteiger partial charge on any atom is -0.293 e. The SMILES string of the molecule is Cc1ccc(C(=O)CS(=O)(=O)C(C)C)cc1. The van der Waals surface area contributed by atoms with Crippen LogP contribution in [0.15, 0.2) is 24.3 Å². The van der Waals surface area contributed by atoms with Crippen LogP contribution in [-0.2, 0) is 9.84 Å². The minimum atomic E-state index is -3.31. The van der Waals surface area contributed by atoms with Crippen molar-refractivity contribution in [2.45, 2.75) is 26.0 Å². The molecule has 0 radical (unpaired) electrons. The van der Waals surface area contributed by atoms with Crippen molar-refractivity contribution in [3.8, 4) is 0 Å². The quantitative estimate of drug-likeness (QED) is 0.756. The summed E-state index contributed by atoms with van der Waals surface area (Å²) >= 11 is 0. The van der Waals surface area contributed by atoms with Gasteiger partial charge in [-0.1, -0.05) is 29.8 Å². The number of aryl methyl sites for hydroxylation is 1. The van der Waals surface area contributed by atoms with Gasteiger partial charge in [-0.3, -0.25) is 4.79 Å². The standard InChI is InChI=1S/C12H16O3S/c1-9(2)16(14,15)8-12(13)11-6-4-10(3)5-7-11/h4-7,9H,8H2,1-3H3. The first-order valence-electron chi connectivity index (χ1n) is 5.14. The maximum absolute atomic E-state index is 11.7. The Morgan fingerprint density at radius 1 is 1.19 bits per heavy atom. The van der Waals surface area contributed by atoms with Gasteiger partial charge in [0.1, 0.15) is 5.75 Å². The third-order valence-corrected chi connectivity index (χ3v) is 4.53. The fourth-order valence-electron chi connectivity index (χ4n) is 1.17. The van der Waals surface area contributed by atoms with E-state index in [0.717, 1.165) is 5.56 Å². The normalized spacial score (nSPS) is 11.8. The van der Waals surface area contributed by atoms with Crippen LogP contribution in [0, 0.1) is 6.92 Å². The van der Waals surface area contributed by atoms with Gasteiger partial charge in [-0.2, -0.15) is 0 Å². The van der Waals surface area contributed by atoms with Crippen molar-refractivity contribution in [2.24, 2.45) is 0 Å². The molecule has 1 aromatic carbocycles. The Labute approximate surface area is 96.4 Å². The first-order valence-corrected chi connectivity index (χ1v) is 6.86. The maximum Gasteiger partial charge on any atom is 0.177 e. The predicted octanol–water partition coefficient (Wildman–Crippen LogP) is 2.00. The molecule has 0 aromatic heterocycles. The minimum absolute atomic E-state index is 0.339. The summed E-state index contributed by atoms with van der Waals surface area (Å²) in [5.74, 6) is -0.748. The van der Waals surface area contributed by atoms with E-state index in [2.05, 4.69) is 0 Å². The Balaban J connectivity index is 2.85. The molecule has 0 unspecified atom stereocenters. The molecule has 4 heteroatoms. The largest absolute Gasteiger partial charge is 0.293 e. The lowest BCUT2D eigenvalue weighted by molar-refractivity contribution is 0.102. The van der Waals surface area contributed by atoms with Crippen molar-refractivity contribution in [3.05, 3.63) is 35.4 Å². The Kier molecular flexibility index (Phi) is 3.86. The van der Waals surface area contributed by atoms with Crippen LogP contribution in [0.25, 0.3) is 0 Å². The van der Waals surface area contributed by atoms with E-state index in [0.29, 0.717) is 5.56 Å². The fraction of sp³-hybridized carbons (Fsp3) is 0.417. The smallest absolute Gasteiger partial charge is 0.177 e. The molecule has 0 N–H and O–H groups in total. The van der Waals surface area contributed by atoms with Crippen LogP contribution in [0.5, 0.6) is 0 Å². The van der Waals surface area contributed by atoms with E-state index in [1.54, 1.807) is 38.1 Å². The topological polar surface area (TPSA) is 51.2 Å². The molecule has 0 spiro atoms. The highest BCUT2D eigenvalue weighted by molar-refractivity contribution is 7.92. The van der Waals surface area contributed by atoms with Gasteiger partial charge in [0.05, 0.1) is 5.25 Å². The number of sulfone groups is 1. The molecule has 0 heterocycles. The van der Waals surface area contributed by atoms with Gasteiger partial charge in [0.15, 0.2) is 15.6 Å². The number of carbonyl (C=O) groups is 1. The first-order chi connectivity index (χ1) is 7.33. The van der Waals surface area contributed by atoms with E-state index in [4.69, 9.17) is 0 Å². The molecule has 0 aliphatic carbocycles. The van der Waals surface area contributed by atoms with Crippen LogP contribution in [0.1, 0.15) is 29.8 Å². The number of ketones is 1. The van der Waals surface area contributed by atoms with Crippen molar-refractivity contribution in [2.75, 3.05) is 5.75 Å². The van der Waals surface area contributed by atoms with Crippen molar-refractivity contribution < 1.29 is 13.2 Å². The second kappa shape index (κ2) is 4.78. The number of benzene rings is 1. The molecule has 3 nitrogen and oxygen atoms in total. The molecule has 0 saturated heterocycles. The van der Waals surface area contributed by atoms with E-state index in [1.165, 1.54) is 0 Å². The third-order valence-electron chi connectivity index (χ3n) is 2.42. The van der Waals surface area contributed by atoms with Crippen LogP contribution in [0.4, 0.5) is 0 Å². The Bertz CT molecular complexity index is 469. The Hall–Kier alpha value is -1.16. The predicted molar refractivity (Wildman–Crippen MR) is 64.4 cm³/mol. The second-order valence-corrected chi connectivity index (χ2v) is 6.70. The lowest BCUT2D eigenvalue weighted by Gasteiger charge is -2.06. The van der Waals surface area contributed by atoms with Crippen molar-refractivity contribution in [1.82, 2.24) is 0 Å². The van der Waals surface area contributed by atoms with E-state index in [9.17, 15) is 13.2 Å². The van der Waals surface area contributed by atoms with E-state index < -0.39 is 20.8 Å². The van der Waals surface area contributed by atoms with Gasteiger partial charge in [-0.05, 0) is 20.8 Å². The molecule has 0 bridgehead atoms. The molecule has 16 heavy (non-hydrogen) atoms. The number of rotatable bonds is 4. The van der Waals surface area contributed by atoms with Crippen molar-refractivity contribution in [1.29, 1.82) is 0 Å². The van der Waals surface area contributed by atoms with E-state index >= 15 is 0 Å². The Morgan fingerprint density at radius 2 is 1.69 bits per heavy atom. The zero-order valence-corrected chi connectivity index (χ0v) is 10.5.